The van der Waals surface area contributed by atoms with Crippen molar-refractivity contribution in [1.29, 1.82) is 0 Å². The van der Waals surface area contributed by atoms with Gasteiger partial charge in [-0.2, -0.15) is 0 Å². The number of carbonyl (C=O) groups excluding carboxylic acids is 1. The summed E-state index contributed by atoms with van der Waals surface area (Å²) in [6.45, 7) is 0.631. The number of carbonyl (C=O) groups is 1. The summed E-state index contributed by atoms with van der Waals surface area (Å²) < 4.78 is 1.78. The molecule has 2 aromatic rings. The lowest BCUT2D eigenvalue weighted by Gasteiger charge is -2.04. The van der Waals surface area contributed by atoms with Crippen molar-refractivity contribution in [3.05, 3.63) is 49.3 Å². The van der Waals surface area contributed by atoms with E-state index in [1.807, 2.05) is 6.07 Å². The third kappa shape index (κ3) is 3.90. The predicted molar refractivity (Wildman–Crippen MR) is 80.0 cm³/mol. The zero-order valence-corrected chi connectivity index (χ0v) is 13.3. The number of thiophene rings is 1. The van der Waals surface area contributed by atoms with Gasteiger partial charge in [0, 0.05) is 23.2 Å². The maximum atomic E-state index is 11.8. The molecule has 0 radical (unpaired) electrons. The second kappa shape index (κ2) is 6.45. The lowest BCUT2D eigenvalue weighted by atomic mass is 10.2. The number of rotatable bonds is 4. The van der Waals surface area contributed by atoms with Crippen LogP contribution in [0.25, 0.3) is 0 Å². The van der Waals surface area contributed by atoms with Crippen LogP contribution in [-0.4, -0.2) is 17.4 Å². The Kier molecular flexibility index (Phi) is 4.91. The Bertz CT molecular complexity index is 557. The number of pyridine rings is 1. The summed E-state index contributed by atoms with van der Waals surface area (Å²) in [5.74, 6) is -0.0753. The van der Waals surface area contributed by atoms with Gasteiger partial charge in [-0.25, -0.2) is 4.98 Å². The van der Waals surface area contributed by atoms with E-state index in [4.69, 9.17) is 0 Å². The predicted octanol–water partition coefficient (Wildman–Crippen LogP) is 3.64. The SMILES string of the molecule is O=C(NCCc1ccc(Br)s1)c1ccnc(Br)c1. The van der Waals surface area contributed by atoms with Crippen LogP contribution in [0.3, 0.4) is 0 Å². The molecule has 0 bridgehead atoms. The second-order valence-electron chi connectivity index (χ2n) is 3.58. The number of amides is 1. The third-order valence-corrected chi connectivity index (χ3v) is 4.39. The van der Waals surface area contributed by atoms with E-state index >= 15 is 0 Å². The van der Waals surface area contributed by atoms with Gasteiger partial charge in [-0.1, -0.05) is 0 Å². The van der Waals surface area contributed by atoms with E-state index in [0.29, 0.717) is 16.7 Å². The molecule has 0 unspecified atom stereocenters. The Labute approximate surface area is 126 Å². The van der Waals surface area contributed by atoms with Crippen molar-refractivity contribution in [2.24, 2.45) is 0 Å². The zero-order chi connectivity index (χ0) is 13.0. The number of nitrogens with zero attached hydrogens (tertiary/aromatic N) is 1. The molecule has 3 nitrogen and oxygen atoms in total. The van der Waals surface area contributed by atoms with Crippen LogP contribution in [0.4, 0.5) is 0 Å². The van der Waals surface area contributed by atoms with Gasteiger partial charge in [-0.05, 0) is 62.5 Å². The van der Waals surface area contributed by atoms with Gasteiger partial charge < -0.3 is 5.32 Å². The third-order valence-electron chi connectivity index (χ3n) is 2.27. The van der Waals surface area contributed by atoms with Crippen LogP contribution in [0.2, 0.25) is 0 Å². The Balaban J connectivity index is 1.85. The average Bonchev–Trinajstić information content (AvgIpc) is 2.75. The first kappa shape index (κ1) is 13.7. The van der Waals surface area contributed by atoms with Crippen LogP contribution in [0.1, 0.15) is 15.2 Å². The number of aromatic nitrogens is 1. The van der Waals surface area contributed by atoms with Crippen LogP contribution >= 0.6 is 43.2 Å². The van der Waals surface area contributed by atoms with Gasteiger partial charge in [0.25, 0.3) is 5.91 Å². The van der Waals surface area contributed by atoms with Crippen molar-refractivity contribution in [2.45, 2.75) is 6.42 Å². The van der Waals surface area contributed by atoms with E-state index in [1.54, 1.807) is 29.7 Å². The summed E-state index contributed by atoms with van der Waals surface area (Å²) in [5, 5.41) is 2.89. The summed E-state index contributed by atoms with van der Waals surface area (Å²) in [4.78, 5) is 17.1. The minimum Gasteiger partial charge on any atom is -0.352 e. The quantitative estimate of drug-likeness (QED) is 0.811. The summed E-state index contributed by atoms with van der Waals surface area (Å²) >= 11 is 8.35. The molecule has 0 fully saturated rings. The molecular formula is C12H10Br2N2OS. The summed E-state index contributed by atoms with van der Waals surface area (Å²) in [5.41, 5.74) is 0.615. The average molecular weight is 390 g/mol. The molecule has 0 aliphatic rings. The highest BCUT2D eigenvalue weighted by molar-refractivity contribution is 9.11. The highest BCUT2D eigenvalue weighted by Crippen LogP contribution is 2.22. The Morgan fingerprint density at radius 2 is 2.17 bits per heavy atom. The monoisotopic (exact) mass is 388 g/mol. The van der Waals surface area contributed by atoms with E-state index < -0.39 is 0 Å². The van der Waals surface area contributed by atoms with Crippen molar-refractivity contribution in [3.8, 4) is 0 Å². The highest BCUT2D eigenvalue weighted by atomic mass is 79.9. The molecule has 1 amide bonds. The van der Waals surface area contributed by atoms with Crippen LogP contribution in [0.5, 0.6) is 0 Å². The van der Waals surface area contributed by atoms with Gasteiger partial charge in [0.1, 0.15) is 4.60 Å². The molecule has 0 aliphatic heterocycles. The molecule has 0 spiro atoms. The first-order valence-corrected chi connectivity index (χ1v) is 7.69. The molecule has 0 atom stereocenters. The van der Waals surface area contributed by atoms with E-state index in [0.717, 1.165) is 10.2 Å². The van der Waals surface area contributed by atoms with Crippen molar-refractivity contribution < 1.29 is 4.79 Å². The first-order chi connectivity index (χ1) is 8.65. The largest absolute Gasteiger partial charge is 0.352 e. The van der Waals surface area contributed by atoms with Crippen molar-refractivity contribution in [3.63, 3.8) is 0 Å². The van der Waals surface area contributed by atoms with Gasteiger partial charge in [-0.3, -0.25) is 4.79 Å². The van der Waals surface area contributed by atoms with E-state index in [-0.39, 0.29) is 5.91 Å². The fourth-order valence-electron chi connectivity index (χ4n) is 1.43. The van der Waals surface area contributed by atoms with Crippen molar-refractivity contribution in [1.82, 2.24) is 10.3 Å². The first-order valence-electron chi connectivity index (χ1n) is 5.29. The summed E-state index contributed by atoms with van der Waals surface area (Å²) in [6.07, 6.45) is 2.45. The number of nitrogens with one attached hydrogen (secondary N) is 1. The van der Waals surface area contributed by atoms with Crippen LogP contribution in [-0.2, 0) is 6.42 Å². The molecule has 94 valence electrons. The van der Waals surface area contributed by atoms with E-state index in [9.17, 15) is 4.79 Å². The lowest BCUT2D eigenvalue weighted by Crippen LogP contribution is -2.25. The van der Waals surface area contributed by atoms with Gasteiger partial charge in [-0.15, -0.1) is 11.3 Å². The molecule has 6 heteroatoms. The van der Waals surface area contributed by atoms with Gasteiger partial charge >= 0.3 is 0 Å². The normalized spacial score (nSPS) is 10.3. The Morgan fingerprint density at radius 3 is 2.83 bits per heavy atom. The zero-order valence-electron chi connectivity index (χ0n) is 9.32. The minimum atomic E-state index is -0.0753. The summed E-state index contributed by atoms with van der Waals surface area (Å²) in [7, 11) is 0. The Hall–Kier alpha value is -0.720. The van der Waals surface area contributed by atoms with Crippen LogP contribution in [0, 0.1) is 0 Å². The second-order valence-corrected chi connectivity index (χ2v) is 6.94. The maximum Gasteiger partial charge on any atom is 0.251 e. The lowest BCUT2D eigenvalue weighted by molar-refractivity contribution is 0.0954. The van der Waals surface area contributed by atoms with E-state index in [2.05, 4.69) is 48.2 Å². The molecule has 0 saturated heterocycles. The molecule has 0 aromatic carbocycles. The van der Waals surface area contributed by atoms with E-state index in [1.165, 1.54) is 4.88 Å². The number of hydrogen-bond donors (Lipinski definition) is 1. The number of hydrogen-bond acceptors (Lipinski definition) is 3. The topological polar surface area (TPSA) is 42.0 Å². The van der Waals surface area contributed by atoms with Gasteiger partial charge in [0.15, 0.2) is 0 Å². The van der Waals surface area contributed by atoms with Crippen molar-refractivity contribution in [2.75, 3.05) is 6.54 Å². The molecule has 1 N–H and O–H groups in total. The molecule has 2 heterocycles. The molecule has 0 saturated carbocycles. The van der Waals surface area contributed by atoms with Gasteiger partial charge in [0.05, 0.1) is 3.79 Å². The molecular weight excluding hydrogens is 380 g/mol. The standard InChI is InChI=1S/C12H10Br2N2OS/c13-10-7-8(3-5-15-10)12(17)16-6-4-9-1-2-11(14)18-9/h1-3,5,7H,4,6H2,(H,16,17). The molecule has 18 heavy (non-hydrogen) atoms. The summed E-state index contributed by atoms with van der Waals surface area (Å²) in [6, 6.07) is 7.48. The smallest absolute Gasteiger partial charge is 0.251 e. The molecule has 0 aliphatic carbocycles. The fourth-order valence-corrected chi connectivity index (χ4v) is 3.28. The minimum absolute atomic E-state index is 0.0753. The van der Waals surface area contributed by atoms with Gasteiger partial charge in [0.2, 0.25) is 0 Å². The molecule has 2 aromatic heterocycles. The highest BCUT2D eigenvalue weighted by Gasteiger charge is 2.06. The number of halogens is 2. The Morgan fingerprint density at radius 1 is 1.33 bits per heavy atom. The molecule has 2 rings (SSSR count). The fraction of sp³-hybridized carbons (Fsp3) is 0.167. The van der Waals surface area contributed by atoms with Crippen LogP contribution in [0.15, 0.2) is 38.9 Å². The van der Waals surface area contributed by atoms with Crippen LogP contribution < -0.4 is 5.32 Å². The maximum absolute atomic E-state index is 11.8. The van der Waals surface area contributed by atoms with Crippen molar-refractivity contribution >= 4 is 49.1 Å².